The first kappa shape index (κ1) is 15.0. The van der Waals surface area contributed by atoms with Crippen molar-refractivity contribution in [1.82, 2.24) is 4.98 Å². The lowest BCUT2D eigenvalue weighted by Gasteiger charge is -2.15. The van der Waals surface area contributed by atoms with Crippen molar-refractivity contribution in [2.75, 3.05) is 0 Å². The third-order valence-electron chi connectivity index (χ3n) is 3.56. The molecule has 2 aromatic rings. The highest BCUT2D eigenvalue weighted by Gasteiger charge is 2.09. The van der Waals surface area contributed by atoms with E-state index in [4.69, 9.17) is 15.9 Å². The van der Waals surface area contributed by atoms with Gasteiger partial charge in [0.15, 0.2) is 0 Å². The topological polar surface area (TPSA) is 72.0 Å². The Hall–Kier alpha value is -2.36. The van der Waals surface area contributed by atoms with Crippen molar-refractivity contribution in [1.29, 1.82) is 5.41 Å². The zero-order valence-corrected chi connectivity index (χ0v) is 12.5. The summed E-state index contributed by atoms with van der Waals surface area (Å²) in [5.74, 6) is 1.34. The van der Waals surface area contributed by atoms with Crippen molar-refractivity contribution in [3.05, 3.63) is 59.4 Å². The molecule has 0 radical (unpaired) electrons. The summed E-state index contributed by atoms with van der Waals surface area (Å²) in [6.45, 7) is 4.81. The summed E-state index contributed by atoms with van der Waals surface area (Å²) >= 11 is 0. The van der Waals surface area contributed by atoms with Crippen molar-refractivity contribution in [2.24, 2.45) is 5.73 Å². The van der Waals surface area contributed by atoms with Gasteiger partial charge in [-0.25, -0.2) is 0 Å². The second-order valence-electron chi connectivity index (χ2n) is 5.10. The van der Waals surface area contributed by atoms with E-state index in [2.05, 4.69) is 24.9 Å². The number of rotatable bonds is 6. The molecule has 0 amide bonds. The maximum atomic E-state index is 7.42. The summed E-state index contributed by atoms with van der Waals surface area (Å²) < 4.78 is 5.94. The van der Waals surface area contributed by atoms with Gasteiger partial charge >= 0.3 is 0 Å². The number of aromatic nitrogens is 1. The zero-order chi connectivity index (χ0) is 15.2. The lowest BCUT2D eigenvalue weighted by molar-refractivity contribution is 0.301. The molecular weight excluding hydrogens is 262 g/mol. The minimum Gasteiger partial charge on any atom is -0.489 e. The first-order chi connectivity index (χ1) is 10.1. The van der Waals surface area contributed by atoms with E-state index in [0.717, 1.165) is 17.7 Å². The molecule has 0 bridgehead atoms. The number of ether oxygens (including phenoxy) is 1. The molecule has 1 atom stereocenters. The SMILES string of the molecule is CCC(C)c1ccccc1OCc1ccnc(C(=N)N)c1. The molecule has 0 aliphatic heterocycles. The Morgan fingerprint density at radius 3 is 2.81 bits per heavy atom. The molecule has 3 N–H and O–H groups in total. The summed E-state index contributed by atoms with van der Waals surface area (Å²) in [4.78, 5) is 4.05. The van der Waals surface area contributed by atoms with Crippen molar-refractivity contribution in [3.63, 3.8) is 0 Å². The second-order valence-corrected chi connectivity index (χ2v) is 5.10. The molecule has 1 heterocycles. The van der Waals surface area contributed by atoms with E-state index in [1.165, 1.54) is 5.56 Å². The number of para-hydroxylation sites is 1. The molecule has 0 saturated carbocycles. The molecule has 0 fully saturated rings. The molecule has 4 heteroatoms. The zero-order valence-electron chi connectivity index (χ0n) is 12.5. The maximum Gasteiger partial charge on any atom is 0.141 e. The Morgan fingerprint density at radius 2 is 2.10 bits per heavy atom. The number of hydrogen-bond donors (Lipinski definition) is 2. The third kappa shape index (κ3) is 3.81. The first-order valence-corrected chi connectivity index (χ1v) is 7.12. The average Bonchev–Trinajstić information content (AvgIpc) is 2.52. The number of nitrogens with two attached hydrogens (primary N) is 1. The van der Waals surface area contributed by atoms with Crippen LogP contribution in [0.3, 0.4) is 0 Å². The van der Waals surface area contributed by atoms with Crippen molar-refractivity contribution < 1.29 is 4.74 Å². The third-order valence-corrected chi connectivity index (χ3v) is 3.56. The van der Waals surface area contributed by atoms with Crippen LogP contribution in [-0.4, -0.2) is 10.8 Å². The molecule has 0 aliphatic rings. The second kappa shape index (κ2) is 6.88. The van der Waals surface area contributed by atoms with Gasteiger partial charge < -0.3 is 10.5 Å². The van der Waals surface area contributed by atoms with Gasteiger partial charge in [-0.1, -0.05) is 32.0 Å². The highest BCUT2D eigenvalue weighted by Crippen LogP contribution is 2.28. The van der Waals surface area contributed by atoms with Gasteiger partial charge in [-0.05, 0) is 41.7 Å². The molecule has 0 spiro atoms. The number of nitrogens with zero attached hydrogens (tertiary/aromatic N) is 1. The van der Waals surface area contributed by atoms with Crippen LogP contribution in [0.25, 0.3) is 0 Å². The lowest BCUT2D eigenvalue weighted by atomic mass is 9.98. The summed E-state index contributed by atoms with van der Waals surface area (Å²) in [6, 6.07) is 11.8. The van der Waals surface area contributed by atoms with E-state index >= 15 is 0 Å². The number of nitrogen functional groups attached to an aromatic ring is 1. The van der Waals surface area contributed by atoms with Crippen molar-refractivity contribution in [2.45, 2.75) is 32.8 Å². The van der Waals surface area contributed by atoms with Crippen LogP contribution in [-0.2, 0) is 6.61 Å². The van der Waals surface area contributed by atoms with Gasteiger partial charge in [-0.2, -0.15) is 0 Å². The Kier molecular flexibility index (Phi) is 4.93. The van der Waals surface area contributed by atoms with E-state index in [1.54, 1.807) is 12.3 Å². The Labute approximate surface area is 125 Å². The van der Waals surface area contributed by atoms with E-state index in [9.17, 15) is 0 Å². The fourth-order valence-electron chi connectivity index (χ4n) is 2.11. The minimum atomic E-state index is -0.0307. The Morgan fingerprint density at radius 1 is 1.33 bits per heavy atom. The number of benzene rings is 1. The van der Waals surface area contributed by atoms with Crippen molar-refractivity contribution >= 4 is 5.84 Å². The maximum absolute atomic E-state index is 7.42. The van der Waals surface area contributed by atoms with Crippen molar-refractivity contribution in [3.8, 4) is 5.75 Å². The van der Waals surface area contributed by atoms with Crippen LogP contribution < -0.4 is 10.5 Å². The summed E-state index contributed by atoms with van der Waals surface area (Å²) in [6.07, 6.45) is 2.72. The van der Waals surface area contributed by atoms with Gasteiger partial charge in [-0.3, -0.25) is 10.4 Å². The largest absolute Gasteiger partial charge is 0.489 e. The van der Waals surface area contributed by atoms with E-state index in [0.29, 0.717) is 18.2 Å². The predicted molar refractivity (Wildman–Crippen MR) is 84.7 cm³/mol. The van der Waals surface area contributed by atoms with Gasteiger partial charge in [0, 0.05) is 6.20 Å². The highest BCUT2D eigenvalue weighted by molar-refractivity contribution is 5.93. The summed E-state index contributed by atoms with van der Waals surface area (Å²) in [5, 5.41) is 7.42. The van der Waals surface area contributed by atoms with Gasteiger partial charge in [0.2, 0.25) is 0 Å². The molecular formula is C17H21N3O. The van der Waals surface area contributed by atoms with Crippen LogP contribution in [0.4, 0.5) is 0 Å². The number of nitrogens with one attached hydrogen (secondary N) is 1. The predicted octanol–water partition coefficient (Wildman–Crippen LogP) is 3.46. The van der Waals surface area contributed by atoms with Gasteiger partial charge in [0.25, 0.3) is 0 Å². The fourth-order valence-corrected chi connectivity index (χ4v) is 2.11. The smallest absolute Gasteiger partial charge is 0.141 e. The molecule has 0 aliphatic carbocycles. The van der Waals surface area contributed by atoms with Gasteiger partial charge in [-0.15, -0.1) is 0 Å². The van der Waals surface area contributed by atoms with Gasteiger partial charge in [0.05, 0.1) is 0 Å². The summed E-state index contributed by atoms with van der Waals surface area (Å²) in [7, 11) is 0. The van der Waals surface area contributed by atoms with E-state index in [-0.39, 0.29) is 5.84 Å². The molecule has 110 valence electrons. The Bertz CT molecular complexity index is 625. The monoisotopic (exact) mass is 283 g/mol. The van der Waals surface area contributed by atoms with Crippen LogP contribution in [0.5, 0.6) is 5.75 Å². The normalized spacial score (nSPS) is 11.9. The Balaban J connectivity index is 2.13. The van der Waals surface area contributed by atoms with Crippen LogP contribution in [0.1, 0.15) is 43.0 Å². The molecule has 1 aromatic heterocycles. The molecule has 0 saturated heterocycles. The quantitative estimate of drug-likeness (QED) is 0.630. The average molecular weight is 283 g/mol. The first-order valence-electron chi connectivity index (χ1n) is 7.12. The number of hydrogen-bond acceptors (Lipinski definition) is 3. The lowest BCUT2D eigenvalue weighted by Crippen LogP contribution is -2.13. The van der Waals surface area contributed by atoms with Crippen LogP contribution in [0, 0.1) is 5.41 Å². The molecule has 2 rings (SSSR count). The van der Waals surface area contributed by atoms with Crippen LogP contribution in [0.15, 0.2) is 42.6 Å². The fraction of sp³-hybridized carbons (Fsp3) is 0.294. The van der Waals surface area contributed by atoms with E-state index < -0.39 is 0 Å². The van der Waals surface area contributed by atoms with E-state index in [1.807, 2.05) is 24.3 Å². The standard InChI is InChI=1S/C17H21N3O/c1-3-12(2)14-6-4-5-7-16(14)21-11-13-8-9-20-15(10-13)17(18)19/h4-10,12H,3,11H2,1-2H3,(H3,18,19). The molecule has 21 heavy (non-hydrogen) atoms. The summed E-state index contributed by atoms with van der Waals surface area (Å²) in [5.41, 5.74) is 8.11. The number of pyridine rings is 1. The minimum absolute atomic E-state index is 0.0307. The highest BCUT2D eigenvalue weighted by atomic mass is 16.5. The molecule has 1 aromatic carbocycles. The van der Waals surface area contributed by atoms with Crippen LogP contribution >= 0.6 is 0 Å². The van der Waals surface area contributed by atoms with Crippen LogP contribution in [0.2, 0.25) is 0 Å². The number of amidine groups is 1. The van der Waals surface area contributed by atoms with Gasteiger partial charge in [0.1, 0.15) is 23.9 Å². The molecule has 4 nitrogen and oxygen atoms in total. The molecule has 1 unspecified atom stereocenters.